The number of anilines is 2. The number of phenols is 1. The number of nitro benzene ring substituents is 1. The molecular formula is C10H8IN5O3S. The molecule has 0 bridgehead atoms. The third-order valence-electron chi connectivity index (χ3n) is 2.17. The number of non-ortho nitro benzene ring substituents is 1. The summed E-state index contributed by atoms with van der Waals surface area (Å²) in [5.41, 5.74) is 8.19. The van der Waals surface area contributed by atoms with Crippen LogP contribution in [0.4, 0.5) is 16.6 Å². The number of rotatable bonds is 4. The average Bonchev–Trinajstić information content (AvgIpc) is 2.80. The number of nitrogen functional groups attached to an aromatic ring is 1. The van der Waals surface area contributed by atoms with E-state index in [0.29, 0.717) is 14.5 Å². The number of aromatic nitrogens is 1. The molecule has 0 radical (unpaired) electrons. The number of nitrogens with one attached hydrogen (secondary N) is 1. The van der Waals surface area contributed by atoms with Gasteiger partial charge in [-0.15, -0.1) is 11.3 Å². The summed E-state index contributed by atoms with van der Waals surface area (Å²) in [6.45, 7) is 0. The summed E-state index contributed by atoms with van der Waals surface area (Å²) < 4.78 is 0.372. The molecule has 0 unspecified atom stereocenters. The Labute approximate surface area is 130 Å². The number of halogens is 1. The summed E-state index contributed by atoms with van der Waals surface area (Å²) in [7, 11) is 0. The van der Waals surface area contributed by atoms with Crippen LogP contribution < -0.4 is 11.2 Å². The minimum absolute atomic E-state index is 0.0691. The molecule has 104 valence electrons. The average molecular weight is 405 g/mol. The molecular weight excluding hydrogens is 397 g/mol. The highest BCUT2D eigenvalue weighted by Crippen LogP contribution is 2.28. The summed E-state index contributed by atoms with van der Waals surface area (Å²) in [6, 6.07) is 2.51. The number of thiazole rings is 1. The predicted octanol–water partition coefficient (Wildman–Crippen LogP) is 2.39. The van der Waals surface area contributed by atoms with Crippen molar-refractivity contribution in [1.29, 1.82) is 0 Å². The van der Waals surface area contributed by atoms with Crippen molar-refractivity contribution in [2.24, 2.45) is 5.10 Å². The van der Waals surface area contributed by atoms with Crippen LogP contribution in [-0.2, 0) is 0 Å². The first-order valence-electron chi connectivity index (χ1n) is 5.14. The lowest BCUT2D eigenvalue weighted by atomic mass is 10.2. The highest BCUT2D eigenvalue weighted by molar-refractivity contribution is 14.1. The smallest absolute Gasteiger partial charge is 0.271 e. The van der Waals surface area contributed by atoms with Crippen LogP contribution in [-0.4, -0.2) is 21.2 Å². The number of hydrogen-bond acceptors (Lipinski definition) is 8. The Morgan fingerprint density at radius 2 is 2.35 bits per heavy atom. The van der Waals surface area contributed by atoms with Crippen molar-refractivity contribution in [3.05, 3.63) is 36.8 Å². The Morgan fingerprint density at radius 3 is 2.95 bits per heavy atom. The van der Waals surface area contributed by atoms with Crippen LogP contribution in [0.1, 0.15) is 5.56 Å². The number of hydrazone groups is 1. The van der Waals surface area contributed by atoms with Gasteiger partial charge in [0.15, 0.2) is 0 Å². The monoisotopic (exact) mass is 405 g/mol. The van der Waals surface area contributed by atoms with E-state index in [1.807, 2.05) is 22.6 Å². The lowest BCUT2D eigenvalue weighted by Crippen LogP contribution is -1.95. The van der Waals surface area contributed by atoms with Crippen LogP contribution >= 0.6 is 33.9 Å². The summed E-state index contributed by atoms with van der Waals surface area (Å²) in [5, 5.41) is 26.6. The Balaban J connectivity index is 2.21. The van der Waals surface area contributed by atoms with Gasteiger partial charge in [-0.1, -0.05) is 0 Å². The summed E-state index contributed by atoms with van der Waals surface area (Å²) in [4.78, 5) is 14.1. The Hall–Kier alpha value is -1.95. The van der Waals surface area contributed by atoms with Crippen LogP contribution in [0.5, 0.6) is 5.75 Å². The van der Waals surface area contributed by atoms with E-state index in [4.69, 9.17) is 5.73 Å². The maximum atomic E-state index is 10.8. The molecule has 2 aromatic rings. The Kier molecular flexibility index (Phi) is 4.34. The maximum absolute atomic E-state index is 10.8. The first kappa shape index (κ1) is 14.5. The van der Waals surface area contributed by atoms with E-state index in [-0.39, 0.29) is 17.0 Å². The number of benzene rings is 1. The van der Waals surface area contributed by atoms with Crippen molar-refractivity contribution in [3.8, 4) is 5.75 Å². The lowest BCUT2D eigenvalue weighted by molar-refractivity contribution is -0.385. The number of nitrogens with two attached hydrogens (primary N) is 1. The molecule has 1 aromatic carbocycles. The molecule has 0 atom stereocenters. The number of nitrogens with zero attached hydrogens (tertiary/aromatic N) is 3. The summed E-state index contributed by atoms with van der Waals surface area (Å²) in [5.74, 6) is 0.306. The fourth-order valence-corrected chi connectivity index (χ4v) is 2.48. The second kappa shape index (κ2) is 6.00. The van der Waals surface area contributed by atoms with E-state index in [9.17, 15) is 15.2 Å². The van der Waals surface area contributed by atoms with E-state index in [1.54, 1.807) is 5.38 Å². The lowest BCUT2D eigenvalue weighted by Gasteiger charge is -2.02. The van der Waals surface area contributed by atoms with Crippen molar-refractivity contribution in [2.75, 3.05) is 11.2 Å². The molecule has 1 aromatic heterocycles. The minimum atomic E-state index is -0.534. The molecule has 8 nitrogen and oxygen atoms in total. The van der Waals surface area contributed by atoms with Crippen LogP contribution in [0, 0.1) is 13.7 Å². The van der Waals surface area contributed by atoms with Crippen LogP contribution in [0.25, 0.3) is 0 Å². The van der Waals surface area contributed by atoms with E-state index >= 15 is 0 Å². The third-order valence-corrected chi connectivity index (χ3v) is 3.76. The van der Waals surface area contributed by atoms with E-state index in [2.05, 4.69) is 15.5 Å². The second-order valence-electron chi connectivity index (χ2n) is 3.57. The SMILES string of the molecule is Nc1csc(NN=Cc2cc([N+](=O)[O-])cc(I)c2O)n1. The molecule has 1 heterocycles. The van der Waals surface area contributed by atoms with Crippen LogP contribution in [0.3, 0.4) is 0 Å². The highest BCUT2D eigenvalue weighted by atomic mass is 127. The Morgan fingerprint density at radius 1 is 1.60 bits per heavy atom. The van der Waals surface area contributed by atoms with Gasteiger partial charge in [0.05, 0.1) is 14.7 Å². The van der Waals surface area contributed by atoms with Gasteiger partial charge in [-0.2, -0.15) is 5.10 Å². The molecule has 0 aliphatic carbocycles. The first-order valence-corrected chi connectivity index (χ1v) is 7.10. The molecule has 0 saturated heterocycles. The zero-order chi connectivity index (χ0) is 14.7. The summed E-state index contributed by atoms with van der Waals surface area (Å²) >= 11 is 3.08. The van der Waals surface area contributed by atoms with Crippen molar-refractivity contribution in [3.63, 3.8) is 0 Å². The minimum Gasteiger partial charge on any atom is -0.506 e. The van der Waals surface area contributed by atoms with E-state index in [0.717, 1.165) is 0 Å². The van der Waals surface area contributed by atoms with E-state index < -0.39 is 4.92 Å². The van der Waals surface area contributed by atoms with Gasteiger partial charge in [0.1, 0.15) is 11.6 Å². The molecule has 0 aliphatic rings. The predicted molar refractivity (Wildman–Crippen MR) is 85.2 cm³/mol. The molecule has 0 amide bonds. The van der Waals surface area contributed by atoms with Gasteiger partial charge in [-0.05, 0) is 22.6 Å². The standard InChI is InChI=1S/C10H8IN5O3S/c11-7-2-6(16(18)19)1-5(9(7)17)3-13-15-10-14-8(12)4-20-10/h1-4,17H,12H2,(H,14,15). The van der Waals surface area contributed by atoms with Gasteiger partial charge in [-0.25, -0.2) is 4.98 Å². The zero-order valence-electron chi connectivity index (χ0n) is 9.78. The highest BCUT2D eigenvalue weighted by Gasteiger charge is 2.13. The largest absolute Gasteiger partial charge is 0.506 e. The molecule has 10 heteroatoms. The van der Waals surface area contributed by atoms with Gasteiger partial charge < -0.3 is 10.8 Å². The van der Waals surface area contributed by atoms with Crippen LogP contribution in [0.15, 0.2) is 22.6 Å². The molecule has 2 rings (SSSR count). The topological polar surface area (TPSA) is 127 Å². The van der Waals surface area contributed by atoms with Gasteiger partial charge >= 0.3 is 0 Å². The van der Waals surface area contributed by atoms with Gasteiger partial charge in [0, 0.05) is 23.1 Å². The quantitative estimate of drug-likeness (QED) is 0.310. The van der Waals surface area contributed by atoms with Gasteiger partial charge in [-0.3, -0.25) is 15.5 Å². The van der Waals surface area contributed by atoms with Gasteiger partial charge in [0.2, 0.25) is 5.13 Å². The van der Waals surface area contributed by atoms with E-state index in [1.165, 1.54) is 29.7 Å². The number of aromatic hydroxyl groups is 1. The fraction of sp³-hybridized carbons (Fsp3) is 0. The molecule has 0 spiro atoms. The zero-order valence-corrected chi connectivity index (χ0v) is 12.8. The second-order valence-corrected chi connectivity index (χ2v) is 5.59. The van der Waals surface area contributed by atoms with Crippen molar-refractivity contribution in [1.82, 2.24) is 4.98 Å². The number of hydrogen-bond donors (Lipinski definition) is 3. The Bertz CT molecular complexity index is 688. The third kappa shape index (κ3) is 3.33. The van der Waals surface area contributed by atoms with Crippen LogP contribution in [0.2, 0.25) is 0 Å². The normalized spacial score (nSPS) is 10.8. The maximum Gasteiger partial charge on any atom is 0.271 e. The summed E-state index contributed by atoms with van der Waals surface area (Å²) in [6.07, 6.45) is 1.28. The van der Waals surface area contributed by atoms with Crippen molar-refractivity contribution in [2.45, 2.75) is 0 Å². The van der Waals surface area contributed by atoms with Crippen molar-refractivity contribution >= 4 is 56.8 Å². The fourth-order valence-electron chi connectivity index (χ4n) is 1.30. The molecule has 0 saturated carbocycles. The number of nitro groups is 1. The molecule has 0 aliphatic heterocycles. The first-order chi connectivity index (χ1) is 9.47. The molecule has 20 heavy (non-hydrogen) atoms. The number of phenolic OH excluding ortho intramolecular Hbond substituents is 1. The van der Waals surface area contributed by atoms with Gasteiger partial charge in [0.25, 0.3) is 5.69 Å². The molecule has 4 N–H and O–H groups in total. The van der Waals surface area contributed by atoms with Crippen molar-refractivity contribution < 1.29 is 10.0 Å². The molecule has 0 fully saturated rings.